The van der Waals surface area contributed by atoms with Crippen molar-refractivity contribution in [2.75, 3.05) is 11.9 Å². The zero-order valence-corrected chi connectivity index (χ0v) is 13.9. The highest BCUT2D eigenvalue weighted by molar-refractivity contribution is 5.45. The average molecular weight is 332 g/mol. The first kappa shape index (κ1) is 15.7. The van der Waals surface area contributed by atoms with E-state index in [-0.39, 0.29) is 0 Å². The van der Waals surface area contributed by atoms with Gasteiger partial charge in [0.1, 0.15) is 0 Å². The average Bonchev–Trinajstić information content (AvgIpc) is 3.12. The van der Waals surface area contributed by atoms with E-state index in [1.54, 1.807) is 24.8 Å². The molecule has 3 aromatic rings. The Labute approximate surface area is 147 Å². The second-order valence-electron chi connectivity index (χ2n) is 6.13. The minimum absolute atomic E-state index is 0.325. The van der Waals surface area contributed by atoms with Crippen LogP contribution in [0.3, 0.4) is 0 Å². The molecule has 3 heterocycles. The summed E-state index contributed by atoms with van der Waals surface area (Å²) in [5, 5.41) is 3.12. The lowest BCUT2D eigenvalue weighted by Gasteiger charge is -2.24. The summed E-state index contributed by atoms with van der Waals surface area (Å²) in [6.45, 7) is 2.04. The summed E-state index contributed by atoms with van der Waals surface area (Å²) in [5.74, 6) is 1.21. The smallest absolute Gasteiger partial charge is 0.228 e. The van der Waals surface area contributed by atoms with Crippen molar-refractivity contribution in [3.63, 3.8) is 0 Å². The van der Waals surface area contributed by atoms with Gasteiger partial charge in [-0.1, -0.05) is 30.3 Å². The summed E-state index contributed by atoms with van der Waals surface area (Å²) in [4.78, 5) is 19.8. The molecule has 1 N–H and O–H groups in total. The highest BCUT2D eigenvalue weighted by Gasteiger charge is 2.27. The number of likely N-dealkylation sites (tertiary alicyclic amines) is 1. The monoisotopic (exact) mass is 332 g/mol. The normalized spacial score (nSPS) is 17.5. The molecule has 0 radical (unpaired) electrons. The van der Waals surface area contributed by atoms with Crippen molar-refractivity contribution in [3.05, 3.63) is 72.4 Å². The third kappa shape index (κ3) is 3.80. The number of hydrogen-bond donors (Lipinski definition) is 1. The fourth-order valence-electron chi connectivity index (χ4n) is 3.26. The number of rotatable bonds is 5. The van der Waals surface area contributed by atoms with Crippen LogP contribution in [0.5, 0.6) is 0 Å². The second kappa shape index (κ2) is 7.36. The molecule has 1 aromatic carbocycles. The highest BCUT2D eigenvalue weighted by atomic mass is 15.2. The SMILES string of the molecule is c1ccc(CN2CCCC2c2ccnc(Nc3cnccn3)n2)cc1. The Morgan fingerprint density at radius 3 is 2.80 bits per heavy atom. The molecule has 0 amide bonds. The van der Waals surface area contributed by atoms with E-state index in [4.69, 9.17) is 4.98 Å². The van der Waals surface area contributed by atoms with Crippen LogP contribution in [0.25, 0.3) is 0 Å². The Hall–Kier alpha value is -2.86. The van der Waals surface area contributed by atoms with E-state index in [0.29, 0.717) is 17.8 Å². The van der Waals surface area contributed by atoms with Crippen LogP contribution in [-0.4, -0.2) is 31.4 Å². The van der Waals surface area contributed by atoms with Crippen LogP contribution in [0.1, 0.15) is 30.1 Å². The second-order valence-corrected chi connectivity index (χ2v) is 6.13. The van der Waals surface area contributed by atoms with Crippen LogP contribution in [0, 0.1) is 0 Å². The first-order valence-corrected chi connectivity index (χ1v) is 8.52. The molecule has 1 aliphatic rings. The summed E-state index contributed by atoms with van der Waals surface area (Å²) in [7, 11) is 0. The molecule has 2 aromatic heterocycles. The van der Waals surface area contributed by atoms with E-state index in [1.165, 1.54) is 12.0 Å². The molecule has 6 heteroatoms. The molecule has 25 heavy (non-hydrogen) atoms. The van der Waals surface area contributed by atoms with E-state index >= 15 is 0 Å². The van der Waals surface area contributed by atoms with Crippen molar-refractivity contribution in [2.45, 2.75) is 25.4 Å². The van der Waals surface area contributed by atoms with Gasteiger partial charge in [0.05, 0.1) is 17.9 Å². The Kier molecular flexibility index (Phi) is 4.61. The van der Waals surface area contributed by atoms with Gasteiger partial charge in [-0.05, 0) is 31.0 Å². The van der Waals surface area contributed by atoms with Crippen LogP contribution in [0.4, 0.5) is 11.8 Å². The highest BCUT2D eigenvalue weighted by Crippen LogP contribution is 2.32. The van der Waals surface area contributed by atoms with E-state index in [0.717, 1.165) is 25.2 Å². The first-order valence-electron chi connectivity index (χ1n) is 8.52. The molecule has 6 nitrogen and oxygen atoms in total. The first-order chi connectivity index (χ1) is 12.4. The van der Waals surface area contributed by atoms with Gasteiger partial charge >= 0.3 is 0 Å². The number of benzene rings is 1. The minimum atomic E-state index is 0.325. The molecule has 1 aliphatic heterocycles. The van der Waals surface area contributed by atoms with Gasteiger partial charge < -0.3 is 5.32 Å². The fraction of sp³-hybridized carbons (Fsp3) is 0.263. The molecular formula is C19H20N6. The molecule has 1 unspecified atom stereocenters. The molecule has 0 spiro atoms. The molecular weight excluding hydrogens is 312 g/mol. The zero-order chi connectivity index (χ0) is 16.9. The van der Waals surface area contributed by atoms with Gasteiger partial charge in [-0.2, -0.15) is 0 Å². The van der Waals surface area contributed by atoms with Crippen molar-refractivity contribution < 1.29 is 0 Å². The van der Waals surface area contributed by atoms with Crippen LogP contribution in [0.15, 0.2) is 61.2 Å². The van der Waals surface area contributed by atoms with E-state index in [9.17, 15) is 0 Å². The number of nitrogens with zero attached hydrogens (tertiary/aromatic N) is 5. The lowest BCUT2D eigenvalue weighted by atomic mass is 10.1. The van der Waals surface area contributed by atoms with Gasteiger partial charge in [0.25, 0.3) is 0 Å². The largest absolute Gasteiger partial charge is 0.307 e. The lowest BCUT2D eigenvalue weighted by molar-refractivity contribution is 0.244. The predicted molar refractivity (Wildman–Crippen MR) is 96.2 cm³/mol. The molecule has 1 fully saturated rings. The molecule has 0 saturated carbocycles. The minimum Gasteiger partial charge on any atom is -0.307 e. The molecule has 4 rings (SSSR count). The maximum atomic E-state index is 4.71. The quantitative estimate of drug-likeness (QED) is 0.773. The van der Waals surface area contributed by atoms with E-state index in [1.807, 2.05) is 6.07 Å². The van der Waals surface area contributed by atoms with Crippen molar-refractivity contribution in [2.24, 2.45) is 0 Å². The van der Waals surface area contributed by atoms with Crippen molar-refractivity contribution in [1.29, 1.82) is 0 Å². The zero-order valence-electron chi connectivity index (χ0n) is 13.9. The van der Waals surface area contributed by atoms with Crippen molar-refractivity contribution >= 4 is 11.8 Å². The standard InChI is InChI=1S/C19H20N6/c1-2-5-15(6-3-1)14-25-12-4-7-17(25)16-8-9-22-19(23-16)24-18-13-20-10-11-21-18/h1-3,5-6,8-11,13,17H,4,7,12,14H2,(H,21,22,23,24). The molecule has 0 aliphatic carbocycles. The summed E-state index contributed by atoms with van der Waals surface area (Å²) in [6.07, 6.45) is 9.06. The van der Waals surface area contributed by atoms with Gasteiger partial charge in [0.2, 0.25) is 5.95 Å². The summed E-state index contributed by atoms with van der Waals surface area (Å²) in [5.41, 5.74) is 2.39. The molecule has 0 bridgehead atoms. The van der Waals surface area contributed by atoms with Gasteiger partial charge in [-0.3, -0.25) is 9.88 Å². The summed E-state index contributed by atoms with van der Waals surface area (Å²) >= 11 is 0. The van der Waals surface area contributed by atoms with Crippen molar-refractivity contribution in [1.82, 2.24) is 24.8 Å². The fourth-order valence-corrected chi connectivity index (χ4v) is 3.26. The summed E-state index contributed by atoms with van der Waals surface area (Å²) < 4.78 is 0. The van der Waals surface area contributed by atoms with Crippen LogP contribution < -0.4 is 5.32 Å². The van der Waals surface area contributed by atoms with Crippen LogP contribution in [-0.2, 0) is 6.54 Å². The van der Waals surface area contributed by atoms with E-state index < -0.39 is 0 Å². The molecule has 1 saturated heterocycles. The number of hydrogen-bond acceptors (Lipinski definition) is 6. The van der Waals surface area contributed by atoms with Gasteiger partial charge in [0, 0.05) is 25.1 Å². The Morgan fingerprint density at radius 2 is 1.96 bits per heavy atom. The third-order valence-corrected chi connectivity index (χ3v) is 4.41. The molecule has 126 valence electrons. The summed E-state index contributed by atoms with van der Waals surface area (Å²) in [6, 6.07) is 12.9. The van der Waals surface area contributed by atoms with Gasteiger partial charge in [-0.15, -0.1) is 0 Å². The Morgan fingerprint density at radius 1 is 1.04 bits per heavy atom. The maximum Gasteiger partial charge on any atom is 0.228 e. The Balaban J connectivity index is 1.51. The third-order valence-electron chi connectivity index (χ3n) is 4.41. The predicted octanol–water partition coefficient (Wildman–Crippen LogP) is 3.35. The number of anilines is 2. The molecule has 1 atom stereocenters. The van der Waals surface area contributed by atoms with Crippen LogP contribution >= 0.6 is 0 Å². The van der Waals surface area contributed by atoms with Gasteiger partial charge in [0.15, 0.2) is 5.82 Å². The maximum absolute atomic E-state index is 4.71. The topological polar surface area (TPSA) is 66.8 Å². The number of nitrogens with one attached hydrogen (secondary N) is 1. The Bertz CT molecular complexity index is 808. The van der Waals surface area contributed by atoms with Crippen molar-refractivity contribution in [3.8, 4) is 0 Å². The van der Waals surface area contributed by atoms with Gasteiger partial charge in [-0.25, -0.2) is 15.0 Å². The lowest BCUT2D eigenvalue weighted by Crippen LogP contribution is -2.23. The number of aromatic nitrogens is 4. The van der Waals surface area contributed by atoms with Crippen LogP contribution in [0.2, 0.25) is 0 Å². The van der Waals surface area contributed by atoms with E-state index in [2.05, 4.69) is 55.5 Å².